The first-order valence-corrected chi connectivity index (χ1v) is 7.36. The quantitative estimate of drug-likeness (QED) is 0.840. The molecule has 1 amide bonds. The summed E-state index contributed by atoms with van der Waals surface area (Å²) >= 11 is 5.30. The van der Waals surface area contributed by atoms with Crippen LogP contribution in [0.15, 0.2) is 24.3 Å². The molecule has 1 aliphatic carbocycles. The highest BCUT2D eigenvalue weighted by Gasteiger charge is 2.15. The molecule has 2 rings (SSSR count). The molecule has 1 aliphatic rings. The van der Waals surface area contributed by atoms with E-state index in [0.717, 1.165) is 5.69 Å². The van der Waals surface area contributed by atoms with Gasteiger partial charge in [-0.05, 0) is 49.3 Å². The fraction of sp³-hybridized carbons (Fsp3) is 0.467. The van der Waals surface area contributed by atoms with Gasteiger partial charge in [0.05, 0.1) is 0 Å². The van der Waals surface area contributed by atoms with Gasteiger partial charge in [0.2, 0.25) is 0 Å². The molecule has 1 aromatic carbocycles. The van der Waals surface area contributed by atoms with E-state index in [4.69, 9.17) is 12.2 Å². The third kappa shape index (κ3) is 3.93. The molecule has 0 bridgehead atoms. The third-order valence-corrected chi connectivity index (χ3v) is 3.71. The van der Waals surface area contributed by atoms with Gasteiger partial charge in [-0.15, -0.1) is 0 Å². The summed E-state index contributed by atoms with van der Waals surface area (Å²) in [6, 6.07) is 7.87. The van der Waals surface area contributed by atoms with Crippen molar-refractivity contribution in [2.75, 3.05) is 19.4 Å². The third-order valence-electron chi connectivity index (χ3n) is 3.49. The second-order valence-electron chi connectivity index (χ2n) is 5.36. The number of hydrogen-bond acceptors (Lipinski definition) is 2. The first-order valence-electron chi connectivity index (χ1n) is 6.95. The maximum absolute atomic E-state index is 11.8. The van der Waals surface area contributed by atoms with Crippen LogP contribution in [0.1, 0.15) is 36.0 Å². The van der Waals surface area contributed by atoms with Crippen LogP contribution in [-0.4, -0.2) is 36.1 Å². The second kappa shape index (κ2) is 6.70. The van der Waals surface area contributed by atoms with Crippen molar-refractivity contribution in [3.63, 3.8) is 0 Å². The van der Waals surface area contributed by atoms with Crippen LogP contribution in [0.4, 0.5) is 5.69 Å². The minimum absolute atomic E-state index is 0.00297. The average Bonchev–Trinajstić information content (AvgIpc) is 2.91. The summed E-state index contributed by atoms with van der Waals surface area (Å²) in [6.07, 6.45) is 4.94. The Balaban J connectivity index is 1.89. The van der Waals surface area contributed by atoms with Gasteiger partial charge in [0.1, 0.15) is 0 Å². The summed E-state index contributed by atoms with van der Waals surface area (Å²) in [5.41, 5.74) is 1.58. The van der Waals surface area contributed by atoms with Crippen molar-refractivity contribution in [1.29, 1.82) is 0 Å². The van der Waals surface area contributed by atoms with E-state index >= 15 is 0 Å². The Morgan fingerprint density at radius 3 is 2.35 bits per heavy atom. The predicted octanol–water partition coefficient (Wildman–Crippen LogP) is 2.62. The van der Waals surface area contributed by atoms with Gasteiger partial charge in [-0.25, -0.2) is 0 Å². The first kappa shape index (κ1) is 14.8. The van der Waals surface area contributed by atoms with Gasteiger partial charge in [0.15, 0.2) is 5.11 Å². The molecular weight excluding hydrogens is 270 g/mol. The fourth-order valence-corrected chi connectivity index (χ4v) is 2.66. The van der Waals surface area contributed by atoms with Crippen molar-refractivity contribution in [2.45, 2.75) is 31.7 Å². The van der Waals surface area contributed by atoms with Gasteiger partial charge in [-0.1, -0.05) is 12.8 Å². The number of amides is 1. The lowest BCUT2D eigenvalue weighted by Gasteiger charge is -2.16. The molecule has 108 valence electrons. The number of carbonyl (C=O) groups is 1. The lowest BCUT2D eigenvalue weighted by Crippen LogP contribution is -2.35. The molecule has 4 nitrogen and oxygen atoms in total. The van der Waals surface area contributed by atoms with Crippen molar-refractivity contribution in [3.8, 4) is 0 Å². The average molecular weight is 291 g/mol. The molecule has 0 saturated heterocycles. The molecule has 0 heterocycles. The maximum Gasteiger partial charge on any atom is 0.253 e. The zero-order valence-corrected chi connectivity index (χ0v) is 12.8. The van der Waals surface area contributed by atoms with E-state index in [1.807, 2.05) is 24.3 Å². The summed E-state index contributed by atoms with van der Waals surface area (Å²) in [5.74, 6) is 0.00297. The van der Waals surface area contributed by atoms with Crippen molar-refractivity contribution >= 4 is 28.9 Å². The number of thiocarbonyl (C=S) groups is 1. The Kier molecular flexibility index (Phi) is 4.95. The molecule has 0 aliphatic heterocycles. The monoisotopic (exact) mass is 291 g/mol. The van der Waals surface area contributed by atoms with E-state index in [9.17, 15) is 4.79 Å². The molecule has 0 atom stereocenters. The van der Waals surface area contributed by atoms with Gasteiger partial charge in [-0.3, -0.25) is 4.79 Å². The Hall–Kier alpha value is -1.62. The fourth-order valence-electron chi connectivity index (χ4n) is 2.38. The number of benzene rings is 1. The van der Waals surface area contributed by atoms with Crippen molar-refractivity contribution < 1.29 is 4.79 Å². The van der Waals surface area contributed by atoms with Gasteiger partial charge in [0.25, 0.3) is 5.91 Å². The smallest absolute Gasteiger partial charge is 0.253 e. The molecule has 0 radical (unpaired) electrons. The molecule has 0 unspecified atom stereocenters. The largest absolute Gasteiger partial charge is 0.360 e. The van der Waals surface area contributed by atoms with E-state index in [0.29, 0.717) is 16.7 Å². The number of carbonyl (C=O) groups excluding carboxylic acids is 1. The number of rotatable bonds is 3. The summed E-state index contributed by atoms with van der Waals surface area (Å²) in [6.45, 7) is 0. The normalized spacial score (nSPS) is 14.9. The molecule has 0 spiro atoms. The molecular formula is C15H21N3OS. The summed E-state index contributed by atoms with van der Waals surface area (Å²) in [4.78, 5) is 13.3. The summed E-state index contributed by atoms with van der Waals surface area (Å²) in [5, 5.41) is 7.14. The van der Waals surface area contributed by atoms with Gasteiger partial charge in [0, 0.05) is 31.4 Å². The van der Waals surface area contributed by atoms with Crippen LogP contribution in [0.5, 0.6) is 0 Å². The van der Waals surface area contributed by atoms with Crippen LogP contribution < -0.4 is 10.6 Å². The number of hydrogen-bond donors (Lipinski definition) is 2. The standard InChI is InChI=1S/C15H21N3OS/c1-18(2)14(19)11-7-9-13(10-8-11)17-15(20)16-12-5-3-4-6-12/h7-10,12H,3-6H2,1-2H3,(H2,16,17,20). The van der Waals surface area contributed by atoms with Crippen molar-refractivity contribution in [1.82, 2.24) is 10.2 Å². The Morgan fingerprint density at radius 2 is 1.80 bits per heavy atom. The molecule has 5 heteroatoms. The highest BCUT2D eigenvalue weighted by Crippen LogP contribution is 2.18. The van der Waals surface area contributed by atoms with Crippen molar-refractivity contribution in [3.05, 3.63) is 29.8 Å². The topological polar surface area (TPSA) is 44.4 Å². The van der Waals surface area contributed by atoms with Crippen LogP contribution in [0.2, 0.25) is 0 Å². The van der Waals surface area contributed by atoms with Gasteiger partial charge in [-0.2, -0.15) is 0 Å². The molecule has 2 N–H and O–H groups in total. The van der Waals surface area contributed by atoms with Gasteiger partial charge < -0.3 is 15.5 Å². The SMILES string of the molecule is CN(C)C(=O)c1ccc(NC(=S)NC2CCCC2)cc1. The van der Waals surface area contributed by atoms with Crippen molar-refractivity contribution in [2.24, 2.45) is 0 Å². The Labute approximate surface area is 125 Å². The minimum Gasteiger partial charge on any atom is -0.360 e. The molecule has 1 fully saturated rings. The Bertz CT molecular complexity index is 478. The van der Waals surface area contributed by atoms with Crippen LogP contribution in [-0.2, 0) is 0 Å². The van der Waals surface area contributed by atoms with E-state index in [1.165, 1.54) is 25.7 Å². The second-order valence-corrected chi connectivity index (χ2v) is 5.77. The van der Waals surface area contributed by atoms with E-state index < -0.39 is 0 Å². The zero-order chi connectivity index (χ0) is 14.5. The highest BCUT2D eigenvalue weighted by molar-refractivity contribution is 7.80. The Morgan fingerprint density at radius 1 is 1.20 bits per heavy atom. The van der Waals surface area contributed by atoms with Gasteiger partial charge >= 0.3 is 0 Å². The van der Waals surface area contributed by atoms with Crippen LogP contribution in [0.25, 0.3) is 0 Å². The molecule has 1 saturated carbocycles. The maximum atomic E-state index is 11.8. The van der Waals surface area contributed by atoms with Crippen LogP contribution in [0, 0.1) is 0 Å². The first-order chi connectivity index (χ1) is 9.56. The van der Waals surface area contributed by atoms with E-state index in [2.05, 4.69) is 10.6 Å². The lowest BCUT2D eigenvalue weighted by molar-refractivity contribution is 0.0827. The molecule has 1 aromatic rings. The number of nitrogens with zero attached hydrogens (tertiary/aromatic N) is 1. The molecule has 20 heavy (non-hydrogen) atoms. The summed E-state index contributed by atoms with van der Waals surface area (Å²) in [7, 11) is 3.49. The summed E-state index contributed by atoms with van der Waals surface area (Å²) < 4.78 is 0. The number of anilines is 1. The van der Waals surface area contributed by atoms with Crippen LogP contribution >= 0.6 is 12.2 Å². The zero-order valence-electron chi connectivity index (χ0n) is 12.0. The predicted molar refractivity (Wildman–Crippen MR) is 86.1 cm³/mol. The van der Waals surface area contributed by atoms with E-state index in [1.54, 1.807) is 19.0 Å². The lowest BCUT2D eigenvalue weighted by atomic mass is 10.2. The minimum atomic E-state index is 0.00297. The molecule has 0 aromatic heterocycles. The van der Waals surface area contributed by atoms with Crippen LogP contribution in [0.3, 0.4) is 0 Å². The highest BCUT2D eigenvalue weighted by atomic mass is 32.1. The number of nitrogens with one attached hydrogen (secondary N) is 2. The van der Waals surface area contributed by atoms with E-state index in [-0.39, 0.29) is 5.91 Å².